The number of hydrogen-bond donors (Lipinski definition) is 1. The molecule has 1 aliphatic carbocycles. The molecule has 0 saturated carbocycles. The molecule has 7 heteroatoms. The largest absolute Gasteiger partial charge is 0.350 e. The molecule has 0 radical (unpaired) electrons. The van der Waals surface area contributed by atoms with Crippen LogP contribution in [0.15, 0.2) is 53.7 Å². The third-order valence-electron chi connectivity index (χ3n) is 4.21. The van der Waals surface area contributed by atoms with E-state index in [1.807, 2.05) is 0 Å². The number of allylic oxidation sites excluding steroid dienone is 3. The average Bonchev–Trinajstić information content (AvgIpc) is 2.64. The lowest BCUT2D eigenvalue weighted by Gasteiger charge is -2.28. The van der Waals surface area contributed by atoms with E-state index >= 15 is 0 Å². The van der Waals surface area contributed by atoms with Crippen LogP contribution in [0.2, 0.25) is 0 Å². The zero-order valence-corrected chi connectivity index (χ0v) is 14.3. The molecule has 0 aromatic carbocycles. The van der Waals surface area contributed by atoms with Crippen LogP contribution in [0.4, 0.5) is 10.6 Å². The van der Waals surface area contributed by atoms with Crippen molar-refractivity contribution < 1.29 is 14.4 Å². The minimum Gasteiger partial charge on any atom is -0.311 e. The molecule has 1 atom stereocenters. The van der Waals surface area contributed by atoms with Crippen LogP contribution in [-0.4, -0.2) is 40.0 Å². The third kappa shape index (κ3) is 4.30. The Morgan fingerprint density at radius 3 is 2.85 bits per heavy atom. The van der Waals surface area contributed by atoms with Crippen LogP contribution < -0.4 is 5.32 Å². The maximum atomic E-state index is 12.4. The Morgan fingerprint density at radius 2 is 2.04 bits per heavy atom. The van der Waals surface area contributed by atoms with E-state index in [4.69, 9.17) is 0 Å². The summed E-state index contributed by atoms with van der Waals surface area (Å²) in [5, 5.41) is 2.73. The van der Waals surface area contributed by atoms with Crippen molar-refractivity contribution in [2.24, 2.45) is 10.9 Å². The van der Waals surface area contributed by atoms with Crippen molar-refractivity contribution in [2.45, 2.75) is 25.7 Å². The number of fused-ring (bicyclic) bond motifs is 1. The van der Waals surface area contributed by atoms with Crippen LogP contribution in [0.25, 0.3) is 0 Å². The molecule has 2 heterocycles. The van der Waals surface area contributed by atoms with Crippen LogP contribution in [-0.2, 0) is 9.59 Å². The van der Waals surface area contributed by atoms with Gasteiger partial charge in [0.1, 0.15) is 5.82 Å². The Labute approximate surface area is 151 Å². The highest BCUT2D eigenvalue weighted by Crippen LogP contribution is 2.20. The molecule has 0 fully saturated rings. The van der Waals surface area contributed by atoms with Gasteiger partial charge in [-0.25, -0.2) is 9.78 Å². The first-order valence-electron chi connectivity index (χ1n) is 8.65. The summed E-state index contributed by atoms with van der Waals surface area (Å²) in [5.74, 6) is -0.247. The Balaban J connectivity index is 1.40. The number of hydrogen-bond acceptors (Lipinski definition) is 4. The Bertz CT molecular complexity index is 783. The first-order chi connectivity index (χ1) is 12.6. The molecule has 1 aliphatic heterocycles. The van der Waals surface area contributed by atoms with E-state index in [-0.39, 0.29) is 11.8 Å². The lowest BCUT2D eigenvalue weighted by Crippen LogP contribution is -2.46. The highest BCUT2D eigenvalue weighted by Gasteiger charge is 2.35. The summed E-state index contributed by atoms with van der Waals surface area (Å²) in [6, 6.07) is 4.81. The molecule has 0 bridgehead atoms. The van der Waals surface area contributed by atoms with Gasteiger partial charge in [-0.2, -0.15) is 4.99 Å². The minimum absolute atomic E-state index is 0.0952. The number of aliphatic imine (C=N–C) groups is 1. The van der Waals surface area contributed by atoms with Crippen molar-refractivity contribution in [3.8, 4) is 0 Å². The van der Waals surface area contributed by atoms with E-state index < -0.39 is 11.9 Å². The van der Waals surface area contributed by atoms with Gasteiger partial charge in [0.05, 0.1) is 11.6 Å². The quantitative estimate of drug-likeness (QED) is 0.764. The van der Waals surface area contributed by atoms with E-state index in [1.165, 1.54) is 4.90 Å². The van der Waals surface area contributed by atoms with Gasteiger partial charge in [0.15, 0.2) is 0 Å². The van der Waals surface area contributed by atoms with Gasteiger partial charge in [-0.1, -0.05) is 30.7 Å². The Hall–Kier alpha value is -3.09. The summed E-state index contributed by atoms with van der Waals surface area (Å²) in [6.45, 7) is 0.324. The van der Waals surface area contributed by atoms with Crippen LogP contribution in [0, 0.1) is 5.92 Å². The first kappa shape index (κ1) is 17.7. The van der Waals surface area contributed by atoms with E-state index in [1.54, 1.807) is 48.7 Å². The van der Waals surface area contributed by atoms with Crippen LogP contribution in [0.1, 0.15) is 25.7 Å². The van der Waals surface area contributed by atoms with Gasteiger partial charge in [-0.15, -0.1) is 0 Å². The van der Waals surface area contributed by atoms with E-state index in [0.717, 1.165) is 6.42 Å². The number of nitrogens with one attached hydrogen (secondary N) is 1. The predicted octanol–water partition coefficient (Wildman–Crippen LogP) is 2.73. The van der Waals surface area contributed by atoms with Gasteiger partial charge >= 0.3 is 6.03 Å². The number of urea groups is 1. The molecule has 1 aromatic rings. The number of unbranched alkanes of at least 4 members (excludes halogenated alkanes) is 2. The average molecular weight is 352 g/mol. The number of anilines is 1. The number of rotatable bonds is 7. The summed E-state index contributed by atoms with van der Waals surface area (Å²) in [4.78, 5) is 45.5. The van der Waals surface area contributed by atoms with E-state index in [2.05, 4.69) is 15.3 Å². The molecule has 0 saturated heterocycles. The highest BCUT2D eigenvalue weighted by molar-refractivity contribution is 6.21. The normalized spacial score (nSPS) is 18.5. The summed E-state index contributed by atoms with van der Waals surface area (Å²) in [5.41, 5.74) is 0.505. The van der Waals surface area contributed by atoms with Crippen molar-refractivity contribution >= 4 is 29.4 Å². The number of nitrogens with zero attached hydrogens (tertiary/aromatic N) is 3. The predicted molar refractivity (Wildman–Crippen MR) is 97.6 cm³/mol. The van der Waals surface area contributed by atoms with Gasteiger partial charge in [0, 0.05) is 19.2 Å². The number of aromatic nitrogens is 1. The molecule has 7 nitrogen and oxygen atoms in total. The fourth-order valence-corrected chi connectivity index (χ4v) is 2.86. The molecule has 1 N–H and O–H groups in total. The lowest BCUT2D eigenvalue weighted by molar-refractivity contribution is -0.129. The maximum Gasteiger partial charge on any atom is 0.350 e. The molecule has 4 amide bonds. The summed E-state index contributed by atoms with van der Waals surface area (Å²) in [7, 11) is 0. The maximum absolute atomic E-state index is 12.4. The van der Waals surface area contributed by atoms with Gasteiger partial charge in [-0.3, -0.25) is 14.5 Å². The molecule has 134 valence electrons. The topological polar surface area (TPSA) is 91.7 Å². The van der Waals surface area contributed by atoms with Gasteiger partial charge in [0.2, 0.25) is 11.8 Å². The minimum atomic E-state index is -0.505. The number of carbonyl (C=O) groups excluding carboxylic acids is 3. The molecular weight excluding hydrogens is 332 g/mol. The van der Waals surface area contributed by atoms with Crippen molar-refractivity contribution in [1.82, 2.24) is 9.88 Å². The monoisotopic (exact) mass is 352 g/mol. The van der Waals surface area contributed by atoms with Crippen LogP contribution >= 0.6 is 0 Å². The number of pyridine rings is 1. The fourth-order valence-electron chi connectivity index (χ4n) is 2.86. The SMILES string of the molecule is O=C(CCCCCN1C(=O)N=C2C=CC=CC2C1=O)Nc1ccccn1. The molecule has 1 unspecified atom stereocenters. The molecule has 2 aliphatic rings. The Kier molecular flexibility index (Phi) is 5.68. The lowest BCUT2D eigenvalue weighted by atomic mass is 9.95. The first-order valence-corrected chi connectivity index (χ1v) is 8.65. The molecule has 1 aromatic heterocycles. The number of amides is 4. The second-order valence-electron chi connectivity index (χ2n) is 6.10. The van der Waals surface area contributed by atoms with Gasteiger partial charge in [0.25, 0.3) is 0 Å². The van der Waals surface area contributed by atoms with Crippen molar-refractivity contribution in [3.63, 3.8) is 0 Å². The molecular formula is C19H20N4O3. The highest BCUT2D eigenvalue weighted by atomic mass is 16.2. The molecule has 0 spiro atoms. The molecule has 3 rings (SSSR count). The standard InChI is InChI=1S/C19H20N4O3/c24-17(22-16-10-5-6-12-20-16)11-2-1-7-13-23-18(25)14-8-3-4-9-15(14)21-19(23)26/h3-6,8-10,12,14H,1-2,7,11,13H2,(H,20,22,24). The van der Waals surface area contributed by atoms with Crippen molar-refractivity contribution in [2.75, 3.05) is 11.9 Å². The van der Waals surface area contributed by atoms with Gasteiger partial charge < -0.3 is 5.32 Å². The van der Waals surface area contributed by atoms with Crippen molar-refractivity contribution in [1.29, 1.82) is 0 Å². The zero-order chi connectivity index (χ0) is 18.4. The smallest absolute Gasteiger partial charge is 0.311 e. The van der Waals surface area contributed by atoms with Crippen LogP contribution in [0.3, 0.4) is 0 Å². The third-order valence-corrected chi connectivity index (χ3v) is 4.21. The Morgan fingerprint density at radius 1 is 1.15 bits per heavy atom. The number of carbonyl (C=O) groups is 3. The second kappa shape index (κ2) is 8.33. The number of imide groups is 1. The summed E-state index contributed by atoms with van der Waals surface area (Å²) in [6.07, 6.45) is 11.0. The van der Waals surface area contributed by atoms with Gasteiger partial charge in [-0.05, 0) is 31.1 Å². The molecule has 26 heavy (non-hydrogen) atoms. The van der Waals surface area contributed by atoms with E-state index in [9.17, 15) is 14.4 Å². The second-order valence-corrected chi connectivity index (χ2v) is 6.10. The summed E-state index contributed by atoms with van der Waals surface area (Å²) >= 11 is 0. The van der Waals surface area contributed by atoms with Crippen LogP contribution in [0.5, 0.6) is 0 Å². The summed E-state index contributed by atoms with van der Waals surface area (Å²) < 4.78 is 0. The fraction of sp³-hybridized carbons (Fsp3) is 0.316. The zero-order valence-electron chi connectivity index (χ0n) is 14.3. The van der Waals surface area contributed by atoms with Crippen molar-refractivity contribution in [3.05, 3.63) is 48.7 Å². The van der Waals surface area contributed by atoms with E-state index in [0.29, 0.717) is 37.3 Å².